The molecular weight excluding hydrogens is 467 g/mol. The van der Waals surface area contributed by atoms with Crippen LogP contribution in [0.5, 0.6) is 5.75 Å². The first-order valence-electron chi connectivity index (χ1n) is 8.99. The molecule has 6 nitrogen and oxygen atoms in total. The van der Waals surface area contributed by atoms with Crippen LogP contribution in [-0.4, -0.2) is 26.0 Å². The van der Waals surface area contributed by atoms with Gasteiger partial charge in [-0.3, -0.25) is 9.79 Å². The summed E-state index contributed by atoms with van der Waals surface area (Å²) < 4.78 is 5.36. The fraction of sp³-hybridized carbons (Fsp3) is 0.333. The average molecular weight is 496 g/mol. The Balaban J connectivity index is 0.00000392. The number of carbonyl (C=O) groups is 1. The van der Waals surface area contributed by atoms with Crippen LogP contribution in [-0.2, 0) is 17.9 Å². The van der Waals surface area contributed by atoms with Gasteiger partial charge < -0.3 is 20.7 Å². The molecule has 0 saturated heterocycles. The molecule has 0 aliphatic heterocycles. The van der Waals surface area contributed by atoms with E-state index in [0.29, 0.717) is 19.0 Å². The molecular formula is C21H29IN4O2. The topological polar surface area (TPSA) is 74.8 Å². The number of halogens is 1. The predicted octanol–water partition coefficient (Wildman–Crippen LogP) is 3.77. The highest BCUT2D eigenvalue weighted by atomic mass is 127. The van der Waals surface area contributed by atoms with Gasteiger partial charge in [-0.1, -0.05) is 44.2 Å². The molecule has 0 bridgehead atoms. The zero-order chi connectivity index (χ0) is 19.6. The van der Waals surface area contributed by atoms with E-state index in [9.17, 15) is 4.79 Å². The summed E-state index contributed by atoms with van der Waals surface area (Å²) in [5.74, 6) is 1.53. The molecule has 0 saturated carbocycles. The largest absolute Gasteiger partial charge is 0.496 e. The van der Waals surface area contributed by atoms with Gasteiger partial charge in [-0.05, 0) is 23.8 Å². The minimum Gasteiger partial charge on any atom is -0.496 e. The zero-order valence-electron chi connectivity index (χ0n) is 16.8. The van der Waals surface area contributed by atoms with Gasteiger partial charge in [0.15, 0.2) is 5.96 Å². The van der Waals surface area contributed by atoms with Crippen molar-refractivity contribution in [3.8, 4) is 5.75 Å². The first kappa shape index (κ1) is 23.7. The minimum absolute atomic E-state index is 0. The second kappa shape index (κ2) is 12.2. The number of anilines is 1. The number of rotatable bonds is 7. The third kappa shape index (κ3) is 7.38. The Bertz CT molecular complexity index is 776. The molecule has 0 atom stereocenters. The van der Waals surface area contributed by atoms with Crippen molar-refractivity contribution in [1.29, 1.82) is 0 Å². The number of nitrogens with one attached hydrogen (secondary N) is 3. The third-order valence-corrected chi connectivity index (χ3v) is 4.07. The second-order valence-corrected chi connectivity index (χ2v) is 6.43. The Morgan fingerprint density at radius 3 is 2.29 bits per heavy atom. The van der Waals surface area contributed by atoms with Gasteiger partial charge in [0.05, 0.1) is 7.11 Å². The molecule has 2 aromatic rings. The van der Waals surface area contributed by atoms with Crippen molar-refractivity contribution in [2.75, 3.05) is 19.5 Å². The number of nitrogens with zero attached hydrogens (tertiary/aromatic N) is 1. The van der Waals surface area contributed by atoms with E-state index in [4.69, 9.17) is 4.74 Å². The van der Waals surface area contributed by atoms with Crippen molar-refractivity contribution in [1.82, 2.24) is 10.6 Å². The Labute approximate surface area is 184 Å². The van der Waals surface area contributed by atoms with Gasteiger partial charge in [0, 0.05) is 37.3 Å². The van der Waals surface area contributed by atoms with Crippen LogP contribution in [0.15, 0.2) is 53.5 Å². The minimum atomic E-state index is -0.0380. The molecule has 152 valence electrons. The van der Waals surface area contributed by atoms with Crippen molar-refractivity contribution >= 4 is 41.5 Å². The summed E-state index contributed by atoms with van der Waals surface area (Å²) >= 11 is 0. The average Bonchev–Trinajstić information content (AvgIpc) is 2.69. The van der Waals surface area contributed by atoms with Crippen LogP contribution in [0.3, 0.4) is 0 Å². The molecule has 2 rings (SSSR count). The molecule has 0 aromatic heterocycles. The molecule has 0 fully saturated rings. The van der Waals surface area contributed by atoms with Gasteiger partial charge >= 0.3 is 0 Å². The highest BCUT2D eigenvalue weighted by molar-refractivity contribution is 14.0. The molecule has 7 heteroatoms. The normalized spacial score (nSPS) is 10.8. The highest BCUT2D eigenvalue weighted by Crippen LogP contribution is 2.16. The summed E-state index contributed by atoms with van der Waals surface area (Å²) in [5.41, 5.74) is 2.96. The van der Waals surface area contributed by atoms with Crippen LogP contribution in [0.25, 0.3) is 0 Å². The zero-order valence-corrected chi connectivity index (χ0v) is 19.1. The third-order valence-electron chi connectivity index (χ3n) is 4.07. The van der Waals surface area contributed by atoms with Crippen LogP contribution in [0.4, 0.5) is 5.69 Å². The molecule has 0 aliphatic carbocycles. The molecule has 3 N–H and O–H groups in total. The number of aliphatic imine (C=N–C) groups is 1. The Morgan fingerprint density at radius 2 is 1.68 bits per heavy atom. The smallest absolute Gasteiger partial charge is 0.226 e. The van der Waals surface area contributed by atoms with E-state index in [0.717, 1.165) is 22.6 Å². The summed E-state index contributed by atoms with van der Waals surface area (Å²) in [4.78, 5) is 16.0. The number of carbonyl (C=O) groups excluding carboxylic acids is 1. The van der Waals surface area contributed by atoms with Crippen molar-refractivity contribution < 1.29 is 9.53 Å². The summed E-state index contributed by atoms with van der Waals surface area (Å²) in [6.45, 7) is 4.99. The van der Waals surface area contributed by atoms with E-state index in [-0.39, 0.29) is 35.8 Å². The van der Waals surface area contributed by atoms with Gasteiger partial charge in [-0.25, -0.2) is 0 Å². The number of para-hydroxylation sites is 1. The number of guanidine groups is 1. The van der Waals surface area contributed by atoms with Crippen molar-refractivity contribution in [3.63, 3.8) is 0 Å². The van der Waals surface area contributed by atoms with E-state index in [1.165, 1.54) is 0 Å². The quantitative estimate of drug-likeness (QED) is 0.310. The Hall–Kier alpha value is -2.29. The molecule has 0 radical (unpaired) electrons. The van der Waals surface area contributed by atoms with Gasteiger partial charge in [0.2, 0.25) is 5.91 Å². The fourth-order valence-electron chi connectivity index (χ4n) is 2.43. The van der Waals surface area contributed by atoms with E-state index < -0.39 is 0 Å². The number of ether oxygens (including phenoxy) is 1. The molecule has 2 aromatic carbocycles. The molecule has 0 unspecified atom stereocenters. The summed E-state index contributed by atoms with van der Waals surface area (Å²) in [6, 6.07) is 15.7. The summed E-state index contributed by atoms with van der Waals surface area (Å²) in [7, 11) is 3.40. The van der Waals surface area contributed by atoms with Crippen LogP contribution in [0.2, 0.25) is 0 Å². The van der Waals surface area contributed by atoms with Gasteiger partial charge in [-0.2, -0.15) is 0 Å². The van der Waals surface area contributed by atoms with Crippen molar-refractivity contribution in [2.45, 2.75) is 26.9 Å². The van der Waals surface area contributed by atoms with Crippen LogP contribution in [0, 0.1) is 5.92 Å². The molecule has 28 heavy (non-hydrogen) atoms. The summed E-state index contributed by atoms with van der Waals surface area (Å²) in [6.07, 6.45) is 0. The monoisotopic (exact) mass is 496 g/mol. The van der Waals surface area contributed by atoms with Gasteiger partial charge in [0.1, 0.15) is 5.75 Å². The van der Waals surface area contributed by atoms with E-state index in [1.807, 2.05) is 62.4 Å². The Morgan fingerprint density at radius 1 is 1.04 bits per heavy atom. The second-order valence-electron chi connectivity index (χ2n) is 6.43. The Kier molecular flexibility index (Phi) is 10.4. The highest BCUT2D eigenvalue weighted by Gasteiger charge is 2.07. The van der Waals surface area contributed by atoms with Gasteiger partial charge in [-0.15, -0.1) is 24.0 Å². The lowest BCUT2D eigenvalue weighted by Crippen LogP contribution is -2.36. The number of benzene rings is 2. The van der Waals surface area contributed by atoms with Gasteiger partial charge in [0.25, 0.3) is 0 Å². The SMILES string of the molecule is CN=C(NCc1ccc(NC(=O)C(C)C)cc1)NCc1ccccc1OC.I. The molecule has 0 aliphatic rings. The molecule has 1 amide bonds. The van der Waals surface area contributed by atoms with Crippen LogP contribution >= 0.6 is 24.0 Å². The summed E-state index contributed by atoms with van der Waals surface area (Å²) in [5, 5.41) is 9.45. The molecule has 0 spiro atoms. The maximum absolute atomic E-state index is 11.7. The van der Waals surface area contributed by atoms with E-state index in [2.05, 4.69) is 20.9 Å². The van der Waals surface area contributed by atoms with Crippen LogP contribution < -0.4 is 20.7 Å². The maximum atomic E-state index is 11.7. The lowest BCUT2D eigenvalue weighted by atomic mass is 10.1. The standard InChI is InChI=1S/C21H28N4O2.HI/c1-15(2)20(26)25-18-11-9-16(10-12-18)13-23-21(22-3)24-14-17-7-5-6-8-19(17)27-4;/h5-12,15H,13-14H2,1-4H3,(H,25,26)(H2,22,23,24);1H. The number of amides is 1. The first-order valence-corrected chi connectivity index (χ1v) is 8.99. The number of methoxy groups -OCH3 is 1. The van der Waals surface area contributed by atoms with E-state index >= 15 is 0 Å². The van der Waals surface area contributed by atoms with Crippen molar-refractivity contribution in [2.24, 2.45) is 10.9 Å². The number of hydrogen-bond acceptors (Lipinski definition) is 3. The van der Waals surface area contributed by atoms with E-state index in [1.54, 1.807) is 14.2 Å². The predicted molar refractivity (Wildman–Crippen MR) is 125 cm³/mol. The van der Waals surface area contributed by atoms with Crippen LogP contribution in [0.1, 0.15) is 25.0 Å². The molecule has 0 heterocycles. The number of hydrogen-bond donors (Lipinski definition) is 3. The van der Waals surface area contributed by atoms with Crippen molar-refractivity contribution in [3.05, 3.63) is 59.7 Å². The lowest BCUT2D eigenvalue weighted by molar-refractivity contribution is -0.118. The maximum Gasteiger partial charge on any atom is 0.226 e. The fourth-order valence-corrected chi connectivity index (χ4v) is 2.43. The first-order chi connectivity index (χ1) is 13.0. The lowest BCUT2D eigenvalue weighted by Gasteiger charge is -2.14.